The Bertz CT molecular complexity index is 560. The normalized spacial score (nSPS) is 10.4. The van der Waals surface area contributed by atoms with Crippen LogP contribution in [0.25, 0.3) is 0 Å². The Balaban J connectivity index is 2.39. The van der Waals surface area contributed by atoms with Gasteiger partial charge in [-0.15, -0.1) is 0 Å². The van der Waals surface area contributed by atoms with Crippen LogP contribution in [0.4, 0.5) is 0 Å². The summed E-state index contributed by atoms with van der Waals surface area (Å²) in [5.41, 5.74) is 1.95. The van der Waals surface area contributed by atoms with Crippen LogP contribution in [-0.4, -0.2) is 4.57 Å². The Morgan fingerprint density at radius 2 is 1.94 bits per heavy atom. The monoisotopic (exact) mass is 277 g/mol. The van der Waals surface area contributed by atoms with E-state index in [1.165, 1.54) is 0 Å². The van der Waals surface area contributed by atoms with E-state index in [0.717, 1.165) is 15.6 Å². The predicted molar refractivity (Wildman–Crippen MR) is 68.7 cm³/mol. The van der Waals surface area contributed by atoms with E-state index in [2.05, 4.69) is 15.9 Å². The van der Waals surface area contributed by atoms with Gasteiger partial charge in [-0.05, 0) is 24.6 Å². The minimum atomic E-state index is 0.0678. The fourth-order valence-electron chi connectivity index (χ4n) is 1.59. The third-order valence-corrected chi connectivity index (χ3v) is 3.28. The fourth-order valence-corrected chi connectivity index (χ4v) is 2.00. The first-order valence-electron chi connectivity index (χ1n) is 5.08. The van der Waals surface area contributed by atoms with E-state index in [0.29, 0.717) is 6.54 Å². The molecule has 2 nitrogen and oxygen atoms in total. The molecule has 16 heavy (non-hydrogen) atoms. The van der Waals surface area contributed by atoms with E-state index < -0.39 is 0 Å². The van der Waals surface area contributed by atoms with Crippen LogP contribution in [0.1, 0.15) is 11.1 Å². The number of hydrogen-bond donors (Lipinski definition) is 0. The summed E-state index contributed by atoms with van der Waals surface area (Å²) in [7, 11) is 0. The summed E-state index contributed by atoms with van der Waals surface area (Å²) in [6.07, 6.45) is 1.81. The molecule has 2 aromatic rings. The topological polar surface area (TPSA) is 22.0 Å². The van der Waals surface area contributed by atoms with E-state index in [1.54, 1.807) is 4.57 Å². The number of benzene rings is 1. The van der Waals surface area contributed by atoms with E-state index in [-0.39, 0.29) is 5.56 Å². The van der Waals surface area contributed by atoms with E-state index in [9.17, 15) is 4.79 Å². The van der Waals surface area contributed by atoms with Crippen LogP contribution in [0, 0.1) is 6.92 Å². The van der Waals surface area contributed by atoms with Crippen molar-refractivity contribution in [1.29, 1.82) is 0 Å². The van der Waals surface area contributed by atoms with Gasteiger partial charge in [-0.1, -0.05) is 40.2 Å². The molecule has 3 heteroatoms. The number of hydrogen-bond acceptors (Lipinski definition) is 1. The zero-order valence-electron chi connectivity index (χ0n) is 8.98. The molecule has 2 rings (SSSR count). The van der Waals surface area contributed by atoms with Crippen molar-refractivity contribution >= 4 is 15.9 Å². The maximum atomic E-state index is 11.8. The Kier molecular flexibility index (Phi) is 3.25. The van der Waals surface area contributed by atoms with Gasteiger partial charge in [0.15, 0.2) is 0 Å². The fraction of sp³-hybridized carbons (Fsp3) is 0.154. The SMILES string of the molecule is Cc1cccn(Cc2ccccc2Br)c1=O. The van der Waals surface area contributed by atoms with Crippen LogP contribution in [0.3, 0.4) is 0 Å². The largest absolute Gasteiger partial charge is 0.311 e. The molecule has 0 radical (unpaired) electrons. The molecular weight excluding hydrogens is 266 g/mol. The van der Waals surface area contributed by atoms with Crippen LogP contribution in [-0.2, 0) is 6.54 Å². The Labute approximate surface area is 103 Å². The lowest BCUT2D eigenvalue weighted by Gasteiger charge is -2.08. The van der Waals surface area contributed by atoms with Gasteiger partial charge in [-0.3, -0.25) is 4.79 Å². The van der Waals surface area contributed by atoms with E-state index in [4.69, 9.17) is 0 Å². The molecule has 82 valence electrons. The van der Waals surface area contributed by atoms with Crippen LogP contribution >= 0.6 is 15.9 Å². The average Bonchev–Trinajstić information content (AvgIpc) is 2.28. The molecule has 0 aliphatic heterocycles. The summed E-state index contributed by atoms with van der Waals surface area (Å²) >= 11 is 3.48. The first kappa shape index (κ1) is 11.1. The van der Waals surface area contributed by atoms with Gasteiger partial charge in [0.25, 0.3) is 5.56 Å². The number of aromatic nitrogens is 1. The second-order valence-electron chi connectivity index (χ2n) is 3.72. The summed E-state index contributed by atoms with van der Waals surface area (Å²) in [5.74, 6) is 0. The lowest BCUT2D eigenvalue weighted by molar-refractivity contribution is 0.750. The molecule has 1 aromatic carbocycles. The highest BCUT2D eigenvalue weighted by atomic mass is 79.9. The van der Waals surface area contributed by atoms with Crippen molar-refractivity contribution in [2.24, 2.45) is 0 Å². The highest BCUT2D eigenvalue weighted by Gasteiger charge is 2.02. The van der Waals surface area contributed by atoms with E-state index >= 15 is 0 Å². The molecule has 0 aliphatic rings. The van der Waals surface area contributed by atoms with Gasteiger partial charge in [0, 0.05) is 16.2 Å². The van der Waals surface area contributed by atoms with Crippen molar-refractivity contribution in [3.63, 3.8) is 0 Å². The van der Waals surface area contributed by atoms with Crippen molar-refractivity contribution < 1.29 is 0 Å². The molecule has 0 fully saturated rings. The molecule has 1 aromatic heterocycles. The van der Waals surface area contributed by atoms with Gasteiger partial charge in [-0.2, -0.15) is 0 Å². The molecule has 0 saturated carbocycles. The average molecular weight is 278 g/mol. The first-order valence-corrected chi connectivity index (χ1v) is 5.87. The molecule has 1 heterocycles. The zero-order valence-corrected chi connectivity index (χ0v) is 10.6. The lowest BCUT2D eigenvalue weighted by atomic mass is 10.2. The summed E-state index contributed by atoms with van der Waals surface area (Å²) in [6, 6.07) is 11.7. The molecule has 0 unspecified atom stereocenters. The smallest absolute Gasteiger partial charge is 0.253 e. The molecule has 0 saturated heterocycles. The van der Waals surface area contributed by atoms with Crippen molar-refractivity contribution in [2.75, 3.05) is 0 Å². The van der Waals surface area contributed by atoms with Crippen LogP contribution < -0.4 is 5.56 Å². The summed E-state index contributed by atoms with van der Waals surface area (Å²) in [5, 5.41) is 0. The molecule has 0 bridgehead atoms. The van der Waals surface area contributed by atoms with Crippen LogP contribution in [0.2, 0.25) is 0 Å². The molecule has 0 aliphatic carbocycles. The summed E-state index contributed by atoms with van der Waals surface area (Å²) in [6.45, 7) is 2.43. The zero-order chi connectivity index (χ0) is 11.5. The van der Waals surface area contributed by atoms with Gasteiger partial charge < -0.3 is 4.57 Å². The maximum absolute atomic E-state index is 11.8. The molecule has 0 N–H and O–H groups in total. The van der Waals surface area contributed by atoms with Gasteiger partial charge in [0.05, 0.1) is 6.54 Å². The van der Waals surface area contributed by atoms with Crippen molar-refractivity contribution in [3.8, 4) is 0 Å². The number of pyridine rings is 1. The molecule has 0 spiro atoms. The van der Waals surface area contributed by atoms with Crippen LogP contribution in [0.15, 0.2) is 51.9 Å². The van der Waals surface area contributed by atoms with Crippen molar-refractivity contribution in [2.45, 2.75) is 13.5 Å². The third-order valence-electron chi connectivity index (χ3n) is 2.51. The van der Waals surface area contributed by atoms with Crippen LogP contribution in [0.5, 0.6) is 0 Å². The quantitative estimate of drug-likeness (QED) is 0.827. The standard InChI is InChI=1S/C13H12BrNO/c1-10-5-4-8-15(13(10)16)9-11-6-2-3-7-12(11)14/h2-8H,9H2,1H3. The van der Waals surface area contributed by atoms with E-state index in [1.807, 2.05) is 49.5 Å². The summed E-state index contributed by atoms with van der Waals surface area (Å²) in [4.78, 5) is 11.8. The maximum Gasteiger partial charge on any atom is 0.253 e. The number of rotatable bonds is 2. The van der Waals surface area contributed by atoms with Gasteiger partial charge in [-0.25, -0.2) is 0 Å². The molecular formula is C13H12BrNO. The van der Waals surface area contributed by atoms with Gasteiger partial charge in [0.1, 0.15) is 0 Å². The first-order chi connectivity index (χ1) is 7.68. The number of aryl methyl sites for hydroxylation is 1. The molecule has 0 amide bonds. The molecule has 0 atom stereocenters. The Hall–Kier alpha value is -1.35. The number of nitrogens with zero attached hydrogens (tertiary/aromatic N) is 1. The predicted octanol–water partition coefficient (Wildman–Crippen LogP) is 2.97. The lowest BCUT2D eigenvalue weighted by Crippen LogP contribution is -2.21. The second kappa shape index (κ2) is 4.66. The second-order valence-corrected chi connectivity index (χ2v) is 4.57. The number of halogens is 1. The minimum Gasteiger partial charge on any atom is -0.311 e. The van der Waals surface area contributed by atoms with Crippen molar-refractivity contribution in [3.05, 3.63) is 68.5 Å². The Morgan fingerprint density at radius 3 is 2.69 bits per heavy atom. The Morgan fingerprint density at radius 1 is 1.19 bits per heavy atom. The van der Waals surface area contributed by atoms with Gasteiger partial charge >= 0.3 is 0 Å². The third kappa shape index (κ3) is 2.25. The minimum absolute atomic E-state index is 0.0678. The van der Waals surface area contributed by atoms with Gasteiger partial charge in [0.2, 0.25) is 0 Å². The summed E-state index contributed by atoms with van der Waals surface area (Å²) < 4.78 is 2.75. The van der Waals surface area contributed by atoms with Crippen molar-refractivity contribution in [1.82, 2.24) is 4.57 Å². The highest BCUT2D eigenvalue weighted by Crippen LogP contribution is 2.16. The highest BCUT2D eigenvalue weighted by molar-refractivity contribution is 9.10.